The van der Waals surface area contributed by atoms with E-state index >= 15 is 0 Å². The first-order chi connectivity index (χ1) is 9.50. The highest BCUT2D eigenvalue weighted by atomic mass is 35.5. The first-order valence-corrected chi connectivity index (χ1v) is 9.79. The summed E-state index contributed by atoms with van der Waals surface area (Å²) < 4.78 is 22.3. The zero-order valence-corrected chi connectivity index (χ0v) is 15.8. The minimum atomic E-state index is -3.07. The maximum absolute atomic E-state index is 12.3. The average Bonchev–Trinajstić information content (AvgIpc) is 2.59. The molecule has 1 amide bonds. The predicted molar refractivity (Wildman–Crippen MR) is 92.9 cm³/mol. The zero-order chi connectivity index (χ0) is 16.3. The molecule has 1 fully saturated rings. The number of hydrogen-bond donors (Lipinski definition) is 1. The van der Waals surface area contributed by atoms with Gasteiger partial charge in [-0.15, -0.1) is 12.4 Å². The molecule has 0 saturated carbocycles. The number of nitrogens with zero attached hydrogens (tertiary/aromatic N) is 1. The number of rotatable bonds is 4. The molecule has 2 unspecified atom stereocenters. The van der Waals surface area contributed by atoms with Gasteiger partial charge in [0, 0.05) is 19.3 Å². The smallest absolute Gasteiger partial charge is 0.239 e. The second-order valence-corrected chi connectivity index (χ2v) is 9.60. The summed E-state index contributed by atoms with van der Waals surface area (Å²) in [5.41, 5.74) is 6.13. The van der Waals surface area contributed by atoms with Crippen molar-refractivity contribution >= 4 is 28.2 Å². The fourth-order valence-corrected chi connectivity index (χ4v) is 3.56. The largest absolute Gasteiger partial charge is 0.341 e. The lowest BCUT2D eigenvalue weighted by Gasteiger charge is -2.30. The highest BCUT2D eigenvalue weighted by molar-refractivity contribution is 7.90. The number of amides is 1. The molecule has 2 N–H and O–H groups in total. The Morgan fingerprint density at radius 1 is 1.27 bits per heavy atom. The van der Waals surface area contributed by atoms with Gasteiger partial charge in [-0.05, 0) is 37.0 Å². The molecule has 0 aromatic rings. The standard InChI is InChI=1S/C15H30N2O3S.ClH/c1-15(2,3)12-6-5-9-17(10-7-12)14(18)13(16)8-11-21(4,19)20;/h12-13H,5-11,16H2,1-4H3;1H. The van der Waals surface area contributed by atoms with Gasteiger partial charge in [-0.25, -0.2) is 8.42 Å². The second-order valence-electron chi connectivity index (χ2n) is 7.34. The van der Waals surface area contributed by atoms with Crippen molar-refractivity contribution < 1.29 is 13.2 Å². The van der Waals surface area contributed by atoms with E-state index in [1.165, 1.54) is 6.26 Å². The quantitative estimate of drug-likeness (QED) is 0.835. The van der Waals surface area contributed by atoms with Gasteiger partial charge < -0.3 is 10.6 Å². The van der Waals surface area contributed by atoms with Crippen LogP contribution >= 0.6 is 12.4 Å². The summed E-state index contributed by atoms with van der Waals surface area (Å²) in [6.45, 7) is 8.19. The molecule has 132 valence electrons. The van der Waals surface area contributed by atoms with Crippen LogP contribution in [0.2, 0.25) is 0 Å². The van der Waals surface area contributed by atoms with Crippen molar-refractivity contribution in [3.8, 4) is 0 Å². The molecule has 7 heteroatoms. The van der Waals surface area contributed by atoms with Gasteiger partial charge in [-0.3, -0.25) is 4.79 Å². The molecule has 0 radical (unpaired) electrons. The van der Waals surface area contributed by atoms with Gasteiger partial charge in [0.1, 0.15) is 9.84 Å². The van der Waals surface area contributed by atoms with Crippen molar-refractivity contribution in [1.29, 1.82) is 0 Å². The fourth-order valence-electron chi connectivity index (χ4n) is 2.88. The average molecular weight is 355 g/mol. The first-order valence-electron chi connectivity index (χ1n) is 7.73. The maximum atomic E-state index is 12.3. The van der Waals surface area contributed by atoms with Crippen LogP contribution < -0.4 is 5.73 Å². The van der Waals surface area contributed by atoms with Crippen LogP contribution in [0, 0.1) is 11.3 Å². The third-order valence-corrected chi connectivity index (χ3v) is 5.36. The molecule has 2 atom stereocenters. The minimum absolute atomic E-state index is 0. The van der Waals surface area contributed by atoms with E-state index < -0.39 is 15.9 Å². The summed E-state index contributed by atoms with van der Waals surface area (Å²) >= 11 is 0. The molecule has 0 aromatic carbocycles. The predicted octanol–water partition coefficient (Wildman–Crippen LogP) is 1.85. The summed E-state index contributed by atoms with van der Waals surface area (Å²) in [4.78, 5) is 14.1. The Bertz CT molecular complexity index is 460. The van der Waals surface area contributed by atoms with E-state index in [0.29, 0.717) is 5.92 Å². The molecule has 0 bridgehead atoms. The van der Waals surface area contributed by atoms with Crippen molar-refractivity contribution in [2.24, 2.45) is 17.1 Å². The van der Waals surface area contributed by atoms with E-state index in [1.54, 1.807) is 0 Å². The minimum Gasteiger partial charge on any atom is -0.341 e. The number of likely N-dealkylation sites (tertiary alicyclic amines) is 1. The van der Waals surface area contributed by atoms with E-state index in [1.807, 2.05) is 4.90 Å². The zero-order valence-electron chi connectivity index (χ0n) is 14.2. The highest BCUT2D eigenvalue weighted by Crippen LogP contribution is 2.34. The summed E-state index contributed by atoms with van der Waals surface area (Å²) in [5, 5.41) is 0. The molecule has 22 heavy (non-hydrogen) atoms. The number of carbonyl (C=O) groups excluding carboxylic acids is 1. The molecule has 5 nitrogen and oxygen atoms in total. The molecule has 0 aliphatic carbocycles. The molecule has 1 heterocycles. The SMILES string of the molecule is CC(C)(C)C1CCCN(C(=O)C(N)CCS(C)(=O)=O)CC1.Cl. The van der Waals surface area contributed by atoms with Gasteiger partial charge in [-0.2, -0.15) is 0 Å². The number of carbonyl (C=O) groups is 1. The van der Waals surface area contributed by atoms with Crippen molar-refractivity contribution in [3.63, 3.8) is 0 Å². The third kappa shape index (κ3) is 7.29. The first kappa shape index (κ1) is 21.7. The van der Waals surface area contributed by atoms with Crippen molar-refractivity contribution in [1.82, 2.24) is 4.90 Å². The number of hydrogen-bond acceptors (Lipinski definition) is 4. The molecular weight excluding hydrogens is 324 g/mol. The summed E-state index contributed by atoms with van der Waals surface area (Å²) in [6.07, 6.45) is 4.49. The molecule has 1 saturated heterocycles. The van der Waals surface area contributed by atoms with Crippen molar-refractivity contribution in [2.75, 3.05) is 25.1 Å². The third-order valence-electron chi connectivity index (χ3n) is 4.38. The van der Waals surface area contributed by atoms with Gasteiger partial charge in [0.25, 0.3) is 0 Å². The van der Waals surface area contributed by atoms with Crippen LogP contribution in [0.4, 0.5) is 0 Å². The Balaban J connectivity index is 0.00000441. The lowest BCUT2D eigenvalue weighted by atomic mass is 9.77. The summed E-state index contributed by atoms with van der Waals surface area (Å²) in [6, 6.07) is -0.703. The van der Waals surface area contributed by atoms with Crippen molar-refractivity contribution in [2.45, 2.75) is 52.5 Å². The van der Waals surface area contributed by atoms with Gasteiger partial charge in [0.05, 0.1) is 11.8 Å². The van der Waals surface area contributed by atoms with Crippen molar-refractivity contribution in [3.05, 3.63) is 0 Å². The summed E-state index contributed by atoms with van der Waals surface area (Å²) in [5.74, 6) is 0.481. The Morgan fingerprint density at radius 3 is 2.36 bits per heavy atom. The molecule has 0 aromatic heterocycles. The van der Waals surface area contributed by atoms with E-state index in [-0.39, 0.29) is 35.9 Å². The second kappa shape index (κ2) is 8.50. The Hall–Kier alpha value is -0.330. The normalized spacial score (nSPS) is 21.7. The monoisotopic (exact) mass is 354 g/mol. The van der Waals surface area contributed by atoms with Gasteiger partial charge in [-0.1, -0.05) is 20.8 Å². The number of halogens is 1. The molecular formula is C15H31ClN2O3S. The van der Waals surface area contributed by atoms with Crippen LogP contribution in [0.1, 0.15) is 46.5 Å². The molecule has 1 aliphatic heterocycles. The van der Waals surface area contributed by atoms with E-state index in [4.69, 9.17) is 5.73 Å². The van der Waals surface area contributed by atoms with Crippen LogP contribution in [0.5, 0.6) is 0 Å². The van der Waals surface area contributed by atoms with Gasteiger partial charge in [0.15, 0.2) is 0 Å². The van der Waals surface area contributed by atoms with Crippen LogP contribution in [-0.4, -0.2) is 50.4 Å². The fraction of sp³-hybridized carbons (Fsp3) is 0.933. The van der Waals surface area contributed by atoms with E-state index in [9.17, 15) is 13.2 Å². The Labute approximate surface area is 141 Å². The molecule has 1 rings (SSSR count). The van der Waals surface area contributed by atoms with Gasteiger partial charge >= 0.3 is 0 Å². The maximum Gasteiger partial charge on any atom is 0.239 e. The number of sulfone groups is 1. The molecule has 1 aliphatic rings. The number of nitrogens with two attached hydrogens (primary N) is 1. The van der Waals surface area contributed by atoms with Crippen LogP contribution in [-0.2, 0) is 14.6 Å². The Morgan fingerprint density at radius 2 is 1.86 bits per heavy atom. The lowest BCUT2D eigenvalue weighted by Crippen LogP contribution is -2.45. The van der Waals surface area contributed by atoms with Crippen LogP contribution in [0.25, 0.3) is 0 Å². The highest BCUT2D eigenvalue weighted by Gasteiger charge is 2.30. The van der Waals surface area contributed by atoms with Crippen LogP contribution in [0.3, 0.4) is 0 Å². The lowest BCUT2D eigenvalue weighted by molar-refractivity contribution is -0.132. The van der Waals surface area contributed by atoms with E-state index in [0.717, 1.165) is 32.4 Å². The van der Waals surface area contributed by atoms with Crippen LogP contribution in [0.15, 0.2) is 0 Å². The Kier molecular flexibility index (Phi) is 8.37. The molecule has 0 spiro atoms. The summed E-state index contributed by atoms with van der Waals surface area (Å²) in [7, 11) is -3.07. The van der Waals surface area contributed by atoms with Gasteiger partial charge in [0.2, 0.25) is 5.91 Å². The topological polar surface area (TPSA) is 80.5 Å². The van der Waals surface area contributed by atoms with E-state index in [2.05, 4.69) is 20.8 Å².